The van der Waals surface area contributed by atoms with Crippen LogP contribution in [-0.4, -0.2) is 58.1 Å². The summed E-state index contributed by atoms with van der Waals surface area (Å²) in [6.07, 6.45) is 10.6. The number of aryl methyl sites for hydroxylation is 2. The number of rotatable bonds is 7. The van der Waals surface area contributed by atoms with Crippen LogP contribution in [0.15, 0.2) is 18.6 Å². The van der Waals surface area contributed by atoms with E-state index in [1.54, 1.807) is 0 Å². The van der Waals surface area contributed by atoms with Crippen molar-refractivity contribution in [2.45, 2.75) is 52.0 Å². The van der Waals surface area contributed by atoms with Crippen molar-refractivity contribution in [3.05, 3.63) is 35.8 Å². The Labute approximate surface area is 157 Å². The average Bonchev–Trinajstić information content (AvgIpc) is 3.10. The van der Waals surface area contributed by atoms with Crippen LogP contribution >= 0.6 is 0 Å². The molecule has 6 nitrogen and oxygen atoms in total. The second kappa shape index (κ2) is 8.62. The van der Waals surface area contributed by atoms with Crippen molar-refractivity contribution < 1.29 is 0 Å². The van der Waals surface area contributed by atoms with Crippen LogP contribution in [0.5, 0.6) is 0 Å². The van der Waals surface area contributed by atoms with Gasteiger partial charge in [0, 0.05) is 56.3 Å². The molecular weight excluding hydrogens is 324 g/mol. The Morgan fingerprint density at radius 3 is 2.88 bits per heavy atom. The van der Waals surface area contributed by atoms with E-state index in [-0.39, 0.29) is 0 Å². The number of nitrogens with zero attached hydrogens (tertiary/aromatic N) is 6. The van der Waals surface area contributed by atoms with Crippen LogP contribution in [0, 0.1) is 6.92 Å². The number of piperidine rings is 1. The van der Waals surface area contributed by atoms with Gasteiger partial charge in [-0.2, -0.15) is 0 Å². The van der Waals surface area contributed by atoms with E-state index in [2.05, 4.69) is 46.6 Å². The van der Waals surface area contributed by atoms with Gasteiger partial charge in [0.05, 0.1) is 0 Å². The monoisotopic (exact) mass is 356 g/mol. The van der Waals surface area contributed by atoms with Crippen LogP contribution < -0.4 is 4.90 Å². The quantitative estimate of drug-likeness (QED) is 0.763. The lowest BCUT2D eigenvalue weighted by molar-refractivity contribution is 0.373. The highest BCUT2D eigenvalue weighted by atomic mass is 15.2. The molecule has 0 bridgehead atoms. The summed E-state index contributed by atoms with van der Waals surface area (Å²) < 4.78 is 2.33. The molecule has 26 heavy (non-hydrogen) atoms. The van der Waals surface area contributed by atoms with Gasteiger partial charge in [-0.3, -0.25) is 0 Å². The fraction of sp³-hybridized carbons (Fsp3) is 0.650. The molecule has 0 spiro atoms. The number of hydrogen-bond donors (Lipinski definition) is 0. The number of hydrogen-bond acceptors (Lipinski definition) is 5. The van der Waals surface area contributed by atoms with Gasteiger partial charge >= 0.3 is 0 Å². The van der Waals surface area contributed by atoms with Crippen LogP contribution in [0.1, 0.15) is 49.3 Å². The van der Waals surface area contributed by atoms with Gasteiger partial charge in [-0.15, -0.1) is 0 Å². The SMILES string of the molecule is CCCc1cnc(C)nc1N1CCC[C@H](c2nccn2CCN(C)C)C1. The number of imidazole rings is 1. The second-order valence-electron chi connectivity index (χ2n) is 7.58. The van der Waals surface area contributed by atoms with Crippen LogP contribution in [0.25, 0.3) is 0 Å². The van der Waals surface area contributed by atoms with Gasteiger partial charge in [-0.1, -0.05) is 13.3 Å². The maximum Gasteiger partial charge on any atom is 0.135 e. The summed E-state index contributed by atoms with van der Waals surface area (Å²) in [4.78, 5) is 18.6. The third-order valence-electron chi connectivity index (χ3n) is 5.10. The molecular formula is C20H32N6. The zero-order valence-corrected chi connectivity index (χ0v) is 16.6. The van der Waals surface area contributed by atoms with Gasteiger partial charge in [0.1, 0.15) is 17.5 Å². The van der Waals surface area contributed by atoms with E-state index in [1.807, 2.05) is 19.3 Å². The maximum absolute atomic E-state index is 4.79. The van der Waals surface area contributed by atoms with Gasteiger partial charge < -0.3 is 14.4 Å². The minimum absolute atomic E-state index is 0.464. The minimum Gasteiger partial charge on any atom is -0.356 e. The Morgan fingerprint density at radius 1 is 1.27 bits per heavy atom. The first-order chi connectivity index (χ1) is 12.6. The lowest BCUT2D eigenvalue weighted by Crippen LogP contribution is -2.37. The number of aromatic nitrogens is 4. The molecule has 0 radical (unpaired) electrons. The van der Waals surface area contributed by atoms with Crippen molar-refractivity contribution in [3.8, 4) is 0 Å². The predicted octanol–water partition coefficient (Wildman–Crippen LogP) is 2.88. The molecule has 2 aromatic heterocycles. The van der Waals surface area contributed by atoms with E-state index < -0.39 is 0 Å². The Morgan fingerprint density at radius 2 is 2.12 bits per heavy atom. The third kappa shape index (κ3) is 4.41. The standard InChI is InChI=1S/C20H32N6/c1-5-7-17-14-22-16(2)23-20(17)26-10-6-8-18(15-26)19-21-9-11-25(19)13-12-24(3)4/h9,11,14,18H,5-8,10,12-13,15H2,1-4H3/t18-/m0/s1. The van der Waals surface area contributed by atoms with Gasteiger partial charge in [-0.05, 0) is 40.3 Å². The smallest absolute Gasteiger partial charge is 0.135 e. The summed E-state index contributed by atoms with van der Waals surface area (Å²) >= 11 is 0. The zero-order chi connectivity index (χ0) is 18.5. The summed E-state index contributed by atoms with van der Waals surface area (Å²) in [5.74, 6) is 3.68. The van der Waals surface area contributed by atoms with Crippen molar-refractivity contribution in [3.63, 3.8) is 0 Å². The molecule has 0 aromatic carbocycles. The molecule has 1 aliphatic heterocycles. The minimum atomic E-state index is 0.464. The predicted molar refractivity (Wildman–Crippen MR) is 106 cm³/mol. The molecule has 0 amide bonds. The Bertz CT molecular complexity index is 708. The van der Waals surface area contributed by atoms with E-state index in [0.717, 1.165) is 50.7 Å². The van der Waals surface area contributed by atoms with Crippen LogP contribution in [0.3, 0.4) is 0 Å². The topological polar surface area (TPSA) is 50.1 Å². The van der Waals surface area contributed by atoms with Crippen molar-refractivity contribution in [1.29, 1.82) is 0 Å². The first-order valence-electron chi connectivity index (χ1n) is 9.81. The molecule has 1 saturated heterocycles. The van der Waals surface area contributed by atoms with E-state index in [1.165, 1.54) is 24.2 Å². The first kappa shape index (κ1) is 18.8. The molecule has 0 unspecified atom stereocenters. The zero-order valence-electron chi connectivity index (χ0n) is 16.6. The Hall–Kier alpha value is -1.95. The summed E-state index contributed by atoms with van der Waals surface area (Å²) in [6, 6.07) is 0. The Kier molecular flexibility index (Phi) is 6.25. The Balaban J connectivity index is 1.78. The van der Waals surface area contributed by atoms with E-state index in [4.69, 9.17) is 9.97 Å². The first-order valence-corrected chi connectivity index (χ1v) is 9.81. The second-order valence-corrected chi connectivity index (χ2v) is 7.58. The summed E-state index contributed by atoms with van der Waals surface area (Å²) in [6.45, 7) is 8.28. The van der Waals surface area contributed by atoms with E-state index in [0.29, 0.717) is 5.92 Å². The number of likely N-dealkylation sites (N-methyl/N-ethyl adjacent to an activating group) is 1. The normalized spacial score (nSPS) is 17.9. The van der Waals surface area contributed by atoms with Crippen LogP contribution in [0.4, 0.5) is 5.82 Å². The van der Waals surface area contributed by atoms with Gasteiger partial charge in [0.25, 0.3) is 0 Å². The van der Waals surface area contributed by atoms with Crippen molar-refractivity contribution in [2.75, 3.05) is 38.6 Å². The lowest BCUT2D eigenvalue weighted by atomic mass is 9.96. The number of anilines is 1. The molecule has 3 heterocycles. The summed E-state index contributed by atoms with van der Waals surface area (Å²) in [5, 5.41) is 0. The maximum atomic E-state index is 4.79. The van der Waals surface area contributed by atoms with Gasteiger partial charge in [0.15, 0.2) is 0 Å². The fourth-order valence-corrected chi connectivity index (χ4v) is 3.76. The van der Waals surface area contributed by atoms with Crippen LogP contribution in [-0.2, 0) is 13.0 Å². The molecule has 0 N–H and O–H groups in total. The van der Waals surface area contributed by atoms with Crippen molar-refractivity contribution >= 4 is 5.82 Å². The molecule has 0 aliphatic carbocycles. The van der Waals surface area contributed by atoms with Crippen molar-refractivity contribution in [2.24, 2.45) is 0 Å². The van der Waals surface area contributed by atoms with Gasteiger partial charge in [0.2, 0.25) is 0 Å². The largest absolute Gasteiger partial charge is 0.356 e. The summed E-state index contributed by atoms with van der Waals surface area (Å²) in [5.41, 5.74) is 1.27. The lowest BCUT2D eigenvalue weighted by Gasteiger charge is -2.34. The highest BCUT2D eigenvalue weighted by Crippen LogP contribution is 2.30. The molecule has 142 valence electrons. The van der Waals surface area contributed by atoms with Crippen molar-refractivity contribution in [1.82, 2.24) is 24.4 Å². The molecule has 1 aliphatic rings. The molecule has 0 saturated carbocycles. The summed E-state index contributed by atoms with van der Waals surface area (Å²) in [7, 11) is 4.23. The highest BCUT2D eigenvalue weighted by molar-refractivity contribution is 5.47. The van der Waals surface area contributed by atoms with Crippen LogP contribution in [0.2, 0.25) is 0 Å². The fourth-order valence-electron chi connectivity index (χ4n) is 3.76. The van der Waals surface area contributed by atoms with Gasteiger partial charge in [-0.25, -0.2) is 15.0 Å². The average molecular weight is 357 g/mol. The third-order valence-corrected chi connectivity index (χ3v) is 5.10. The van der Waals surface area contributed by atoms with E-state index in [9.17, 15) is 0 Å². The molecule has 1 fully saturated rings. The highest BCUT2D eigenvalue weighted by Gasteiger charge is 2.26. The molecule has 2 aromatic rings. The molecule has 3 rings (SSSR count). The molecule has 1 atom stereocenters. The molecule has 6 heteroatoms. The van der Waals surface area contributed by atoms with E-state index >= 15 is 0 Å².